The molecule has 2 N–H and O–H groups in total. The van der Waals surface area contributed by atoms with Crippen molar-refractivity contribution in [2.24, 2.45) is 5.92 Å². The quantitative estimate of drug-likeness (QED) is 0.669. The van der Waals surface area contributed by atoms with Crippen LogP contribution in [-0.2, 0) is 9.53 Å². The van der Waals surface area contributed by atoms with Gasteiger partial charge in [0.1, 0.15) is 6.54 Å². The molecule has 0 aromatic carbocycles. The number of carbonyl (C=O) groups excluding carboxylic acids is 2. The zero-order valence-corrected chi connectivity index (χ0v) is 11.2. The molecule has 5 nitrogen and oxygen atoms in total. The van der Waals surface area contributed by atoms with E-state index in [1.807, 2.05) is 6.92 Å². The maximum Gasteiger partial charge on any atom is 0.325 e. The second-order valence-electron chi connectivity index (χ2n) is 4.28. The Balaban J connectivity index is 3.74. The largest absolute Gasteiger partial charge is 0.465 e. The first-order chi connectivity index (χ1) is 7.99. The van der Waals surface area contributed by atoms with E-state index >= 15 is 0 Å². The molecule has 0 aromatic heterocycles. The lowest BCUT2D eigenvalue weighted by Gasteiger charge is -2.17. The van der Waals surface area contributed by atoms with Gasteiger partial charge in [0.15, 0.2) is 0 Å². The summed E-state index contributed by atoms with van der Waals surface area (Å²) in [6.45, 7) is 8.19. The van der Waals surface area contributed by atoms with Crippen molar-refractivity contribution in [3.8, 4) is 0 Å². The predicted octanol–water partition coefficient (Wildman–Crippen LogP) is 1.67. The van der Waals surface area contributed by atoms with Gasteiger partial charge < -0.3 is 15.4 Å². The van der Waals surface area contributed by atoms with Crippen molar-refractivity contribution >= 4 is 12.0 Å². The first kappa shape index (κ1) is 15.7. The van der Waals surface area contributed by atoms with E-state index < -0.39 is 5.97 Å². The molecule has 2 unspecified atom stereocenters. The van der Waals surface area contributed by atoms with Gasteiger partial charge in [0, 0.05) is 6.04 Å². The lowest BCUT2D eigenvalue weighted by Crippen LogP contribution is -2.43. The minimum absolute atomic E-state index is 0.0876. The number of amides is 2. The summed E-state index contributed by atoms with van der Waals surface area (Å²) in [6, 6.07) is -0.221. The number of hydrogen-bond acceptors (Lipinski definition) is 3. The fourth-order valence-electron chi connectivity index (χ4n) is 1.47. The average molecular weight is 244 g/mol. The van der Waals surface area contributed by atoms with E-state index in [1.54, 1.807) is 6.92 Å². The summed E-state index contributed by atoms with van der Waals surface area (Å²) in [5, 5.41) is 5.25. The molecule has 2 amide bonds. The lowest BCUT2D eigenvalue weighted by atomic mass is 10.0. The molecule has 0 aliphatic carbocycles. The van der Waals surface area contributed by atoms with Gasteiger partial charge in [0.05, 0.1) is 6.61 Å². The zero-order chi connectivity index (χ0) is 13.3. The van der Waals surface area contributed by atoms with Crippen molar-refractivity contribution in [3.05, 3.63) is 0 Å². The number of carbonyl (C=O) groups is 2. The molecule has 0 heterocycles. The van der Waals surface area contributed by atoms with Gasteiger partial charge in [-0.2, -0.15) is 0 Å². The summed E-state index contributed by atoms with van der Waals surface area (Å²) in [6.07, 6.45) is 2.03. The first-order valence-corrected chi connectivity index (χ1v) is 6.19. The molecule has 0 aliphatic heterocycles. The topological polar surface area (TPSA) is 67.4 Å². The maximum atomic E-state index is 11.4. The van der Waals surface area contributed by atoms with Crippen LogP contribution in [0.15, 0.2) is 0 Å². The van der Waals surface area contributed by atoms with Crippen LogP contribution in [0.3, 0.4) is 0 Å². The van der Waals surface area contributed by atoms with E-state index in [2.05, 4.69) is 24.5 Å². The lowest BCUT2D eigenvalue weighted by molar-refractivity contribution is -0.141. The minimum atomic E-state index is -0.419. The number of rotatable bonds is 7. The normalized spacial score (nSPS) is 13.6. The Morgan fingerprint density at radius 3 is 2.41 bits per heavy atom. The van der Waals surface area contributed by atoms with Crippen LogP contribution < -0.4 is 10.6 Å². The van der Waals surface area contributed by atoms with Crippen LogP contribution in [0.5, 0.6) is 0 Å². The summed E-state index contributed by atoms with van der Waals surface area (Å²) >= 11 is 0. The van der Waals surface area contributed by atoms with Gasteiger partial charge >= 0.3 is 12.0 Å². The van der Waals surface area contributed by atoms with E-state index in [-0.39, 0.29) is 18.6 Å². The van der Waals surface area contributed by atoms with E-state index in [0.29, 0.717) is 12.5 Å². The second-order valence-corrected chi connectivity index (χ2v) is 4.28. The summed E-state index contributed by atoms with van der Waals surface area (Å²) in [7, 11) is 0. The van der Waals surface area contributed by atoms with Crippen LogP contribution in [0.2, 0.25) is 0 Å². The van der Waals surface area contributed by atoms with Crippen molar-refractivity contribution < 1.29 is 14.3 Å². The summed E-state index contributed by atoms with van der Waals surface area (Å²) < 4.78 is 4.70. The molecule has 0 fully saturated rings. The standard InChI is InChI=1S/C12H24N2O3/c1-5-9(3)7-10(4)14-12(16)13-8-11(15)17-6-2/h9-10H,5-8H2,1-4H3,(H2,13,14,16). The zero-order valence-electron chi connectivity index (χ0n) is 11.2. The van der Waals surface area contributed by atoms with Gasteiger partial charge in [-0.3, -0.25) is 4.79 Å². The molecule has 0 aromatic rings. The van der Waals surface area contributed by atoms with Crippen molar-refractivity contribution in [1.82, 2.24) is 10.6 Å². The summed E-state index contributed by atoms with van der Waals surface area (Å²) in [4.78, 5) is 22.4. The molecule has 0 radical (unpaired) electrons. The number of nitrogens with one attached hydrogen (secondary N) is 2. The third-order valence-electron chi connectivity index (χ3n) is 2.53. The average Bonchev–Trinajstić information content (AvgIpc) is 2.26. The molecule has 0 rings (SSSR count). The Hall–Kier alpha value is -1.26. The molecule has 0 saturated carbocycles. The number of esters is 1. The van der Waals surface area contributed by atoms with Gasteiger partial charge in [-0.15, -0.1) is 0 Å². The predicted molar refractivity (Wildman–Crippen MR) is 66.7 cm³/mol. The molecule has 17 heavy (non-hydrogen) atoms. The summed E-state index contributed by atoms with van der Waals surface area (Å²) in [5.74, 6) is 0.160. The monoisotopic (exact) mass is 244 g/mol. The minimum Gasteiger partial charge on any atom is -0.465 e. The molecule has 0 bridgehead atoms. The van der Waals surface area contributed by atoms with Gasteiger partial charge in [-0.05, 0) is 26.2 Å². The molecular weight excluding hydrogens is 220 g/mol. The fraction of sp³-hybridized carbons (Fsp3) is 0.833. The molecule has 5 heteroatoms. The third kappa shape index (κ3) is 8.54. The SMILES string of the molecule is CCOC(=O)CNC(=O)NC(C)CC(C)CC. The third-order valence-corrected chi connectivity index (χ3v) is 2.53. The first-order valence-electron chi connectivity index (χ1n) is 6.19. The Labute approximate surface area is 103 Å². The van der Waals surface area contributed by atoms with Crippen LogP contribution in [-0.4, -0.2) is 31.2 Å². The van der Waals surface area contributed by atoms with Crippen LogP contribution in [0.4, 0.5) is 4.79 Å². The van der Waals surface area contributed by atoms with Crippen LogP contribution in [0, 0.1) is 5.92 Å². The highest BCUT2D eigenvalue weighted by atomic mass is 16.5. The fourth-order valence-corrected chi connectivity index (χ4v) is 1.47. The molecular formula is C12H24N2O3. The maximum absolute atomic E-state index is 11.4. The van der Waals surface area contributed by atoms with E-state index in [4.69, 9.17) is 4.74 Å². The van der Waals surface area contributed by atoms with Crippen LogP contribution >= 0.6 is 0 Å². The van der Waals surface area contributed by atoms with Crippen molar-refractivity contribution in [3.63, 3.8) is 0 Å². The Morgan fingerprint density at radius 2 is 1.88 bits per heavy atom. The number of hydrogen-bond donors (Lipinski definition) is 2. The van der Waals surface area contributed by atoms with E-state index in [1.165, 1.54) is 0 Å². The van der Waals surface area contributed by atoms with E-state index in [0.717, 1.165) is 12.8 Å². The summed E-state index contributed by atoms with van der Waals surface area (Å²) in [5.41, 5.74) is 0. The highest BCUT2D eigenvalue weighted by molar-refractivity contribution is 5.80. The number of urea groups is 1. The molecule has 100 valence electrons. The molecule has 0 spiro atoms. The highest BCUT2D eigenvalue weighted by Gasteiger charge is 2.11. The van der Waals surface area contributed by atoms with Gasteiger partial charge in [-0.25, -0.2) is 4.79 Å². The Kier molecular flexibility index (Phi) is 8.19. The number of ether oxygens (including phenoxy) is 1. The van der Waals surface area contributed by atoms with Crippen LogP contribution in [0.25, 0.3) is 0 Å². The van der Waals surface area contributed by atoms with Crippen molar-refractivity contribution in [2.45, 2.75) is 46.6 Å². The Morgan fingerprint density at radius 1 is 1.24 bits per heavy atom. The van der Waals surface area contributed by atoms with Crippen molar-refractivity contribution in [2.75, 3.05) is 13.2 Å². The van der Waals surface area contributed by atoms with Gasteiger partial charge in [0.2, 0.25) is 0 Å². The van der Waals surface area contributed by atoms with E-state index in [9.17, 15) is 9.59 Å². The molecule has 2 atom stereocenters. The Bertz CT molecular complexity index is 244. The second kappa shape index (κ2) is 8.84. The smallest absolute Gasteiger partial charge is 0.325 e. The molecule has 0 aliphatic rings. The molecule has 0 saturated heterocycles. The highest BCUT2D eigenvalue weighted by Crippen LogP contribution is 2.08. The van der Waals surface area contributed by atoms with Crippen LogP contribution in [0.1, 0.15) is 40.5 Å². The van der Waals surface area contributed by atoms with Gasteiger partial charge in [-0.1, -0.05) is 20.3 Å². The van der Waals surface area contributed by atoms with Crippen molar-refractivity contribution in [1.29, 1.82) is 0 Å². The van der Waals surface area contributed by atoms with Gasteiger partial charge in [0.25, 0.3) is 0 Å².